The van der Waals surface area contributed by atoms with Crippen LogP contribution in [0.4, 0.5) is 0 Å². The zero-order valence-corrected chi connectivity index (χ0v) is 13.4. The van der Waals surface area contributed by atoms with Crippen molar-refractivity contribution in [3.05, 3.63) is 65.2 Å². The van der Waals surface area contributed by atoms with Gasteiger partial charge in [-0.15, -0.1) is 0 Å². The molecule has 3 nitrogen and oxygen atoms in total. The molecule has 0 aliphatic carbocycles. The highest BCUT2D eigenvalue weighted by Crippen LogP contribution is 2.21. The van der Waals surface area contributed by atoms with Crippen LogP contribution >= 0.6 is 15.9 Å². The molecule has 0 saturated carbocycles. The van der Waals surface area contributed by atoms with Crippen molar-refractivity contribution in [1.82, 2.24) is 0 Å². The van der Waals surface area contributed by atoms with E-state index in [1.807, 2.05) is 19.1 Å². The van der Waals surface area contributed by atoms with Crippen molar-refractivity contribution in [2.75, 3.05) is 0 Å². The van der Waals surface area contributed by atoms with Gasteiger partial charge in [0.15, 0.2) is 0 Å². The van der Waals surface area contributed by atoms with Crippen molar-refractivity contribution < 1.29 is 12.6 Å². The Morgan fingerprint density at radius 2 is 1.75 bits per heavy atom. The maximum absolute atomic E-state index is 12.0. The number of hydrogen-bond donors (Lipinski definition) is 0. The average molecular weight is 355 g/mol. The summed E-state index contributed by atoms with van der Waals surface area (Å²) in [5.41, 5.74) is 2.66. The minimum atomic E-state index is -3.64. The molecule has 0 radical (unpaired) electrons. The second-order valence-electron chi connectivity index (χ2n) is 4.56. The summed E-state index contributed by atoms with van der Waals surface area (Å²) in [5.74, 6) is 0.223. The van der Waals surface area contributed by atoms with Crippen molar-refractivity contribution in [2.45, 2.75) is 18.0 Å². The first-order valence-corrected chi connectivity index (χ1v) is 8.81. The molecule has 0 N–H and O–H groups in total. The molecule has 2 aromatic carbocycles. The lowest BCUT2D eigenvalue weighted by atomic mass is 10.1. The molecule has 20 heavy (non-hydrogen) atoms. The SMILES string of the molecule is Cc1cc(CBr)cc(OS(=O)(=O)Cc2ccccc2)c1. The first-order chi connectivity index (χ1) is 9.48. The van der Waals surface area contributed by atoms with Crippen LogP contribution in [-0.2, 0) is 21.2 Å². The van der Waals surface area contributed by atoms with E-state index in [0.29, 0.717) is 16.6 Å². The molecule has 0 aliphatic rings. The lowest BCUT2D eigenvalue weighted by molar-refractivity contribution is 0.484. The second kappa shape index (κ2) is 6.41. The maximum atomic E-state index is 12.0. The van der Waals surface area contributed by atoms with Gasteiger partial charge in [0.2, 0.25) is 0 Å². The molecule has 0 aromatic heterocycles. The van der Waals surface area contributed by atoms with Gasteiger partial charge in [-0.05, 0) is 35.7 Å². The van der Waals surface area contributed by atoms with Crippen molar-refractivity contribution >= 4 is 26.0 Å². The topological polar surface area (TPSA) is 43.4 Å². The van der Waals surface area contributed by atoms with Crippen LogP contribution in [0.3, 0.4) is 0 Å². The van der Waals surface area contributed by atoms with Gasteiger partial charge in [-0.2, -0.15) is 8.42 Å². The first-order valence-electron chi connectivity index (χ1n) is 6.11. The van der Waals surface area contributed by atoms with E-state index in [1.54, 1.807) is 36.4 Å². The number of alkyl halides is 1. The average Bonchev–Trinajstić information content (AvgIpc) is 2.37. The molecule has 2 rings (SSSR count). The van der Waals surface area contributed by atoms with Gasteiger partial charge in [0.1, 0.15) is 11.5 Å². The number of hydrogen-bond acceptors (Lipinski definition) is 3. The molecular formula is C15H15BrO3S. The fraction of sp³-hybridized carbons (Fsp3) is 0.200. The first kappa shape index (κ1) is 15.1. The summed E-state index contributed by atoms with van der Waals surface area (Å²) in [5, 5.41) is 0.657. The predicted molar refractivity (Wildman–Crippen MR) is 83.5 cm³/mol. The summed E-state index contributed by atoms with van der Waals surface area (Å²) in [6, 6.07) is 14.4. The third-order valence-corrected chi connectivity index (χ3v) is 4.46. The van der Waals surface area contributed by atoms with Crippen LogP contribution in [0.15, 0.2) is 48.5 Å². The van der Waals surface area contributed by atoms with Crippen LogP contribution in [0.2, 0.25) is 0 Å². The van der Waals surface area contributed by atoms with Crippen molar-refractivity contribution in [3.8, 4) is 5.75 Å². The quantitative estimate of drug-likeness (QED) is 0.605. The summed E-state index contributed by atoms with van der Waals surface area (Å²) < 4.78 is 29.3. The number of halogens is 1. The Hall–Kier alpha value is -1.33. The normalized spacial score (nSPS) is 11.3. The zero-order valence-electron chi connectivity index (χ0n) is 11.0. The summed E-state index contributed by atoms with van der Waals surface area (Å²) >= 11 is 3.35. The minimum Gasteiger partial charge on any atom is -0.382 e. The standard InChI is InChI=1S/C15H15BrO3S/c1-12-7-14(10-16)9-15(8-12)19-20(17,18)11-13-5-3-2-4-6-13/h2-9H,10-11H2,1H3. The van der Waals surface area contributed by atoms with Gasteiger partial charge in [0, 0.05) is 5.33 Å². The highest BCUT2D eigenvalue weighted by Gasteiger charge is 2.14. The van der Waals surface area contributed by atoms with Crippen LogP contribution in [0, 0.1) is 6.92 Å². The van der Waals surface area contributed by atoms with E-state index in [-0.39, 0.29) is 5.75 Å². The van der Waals surface area contributed by atoms with Crippen LogP contribution in [0.5, 0.6) is 5.75 Å². The predicted octanol–water partition coefficient (Wildman–Crippen LogP) is 3.80. The van der Waals surface area contributed by atoms with Gasteiger partial charge in [-0.1, -0.05) is 52.3 Å². The van der Waals surface area contributed by atoms with Crippen LogP contribution in [0.25, 0.3) is 0 Å². The van der Waals surface area contributed by atoms with Gasteiger partial charge < -0.3 is 4.18 Å². The van der Waals surface area contributed by atoms with Gasteiger partial charge in [0.25, 0.3) is 0 Å². The largest absolute Gasteiger partial charge is 0.382 e. The highest BCUT2D eigenvalue weighted by molar-refractivity contribution is 9.08. The lowest BCUT2D eigenvalue weighted by Crippen LogP contribution is -2.12. The Balaban J connectivity index is 2.18. The van der Waals surface area contributed by atoms with Crippen molar-refractivity contribution in [1.29, 1.82) is 0 Å². The van der Waals surface area contributed by atoms with Gasteiger partial charge in [0.05, 0.1) is 0 Å². The molecule has 0 aliphatic heterocycles. The summed E-state index contributed by atoms with van der Waals surface area (Å²) in [7, 11) is -3.64. The third kappa shape index (κ3) is 4.35. The minimum absolute atomic E-state index is 0.134. The second-order valence-corrected chi connectivity index (χ2v) is 6.69. The number of aryl methyl sites for hydroxylation is 1. The Labute approximate surface area is 127 Å². The molecular weight excluding hydrogens is 340 g/mol. The molecule has 5 heteroatoms. The fourth-order valence-electron chi connectivity index (χ4n) is 1.90. The Kier molecular flexibility index (Phi) is 4.83. The van der Waals surface area contributed by atoms with Crippen LogP contribution in [-0.4, -0.2) is 8.42 Å². The van der Waals surface area contributed by atoms with E-state index in [1.165, 1.54) is 0 Å². The highest BCUT2D eigenvalue weighted by atomic mass is 79.9. The summed E-state index contributed by atoms with van der Waals surface area (Å²) in [6.07, 6.45) is 0. The van der Waals surface area contributed by atoms with Gasteiger partial charge >= 0.3 is 10.1 Å². The number of benzene rings is 2. The van der Waals surface area contributed by atoms with E-state index in [9.17, 15) is 8.42 Å². The molecule has 2 aromatic rings. The maximum Gasteiger partial charge on any atom is 0.313 e. The fourth-order valence-corrected chi connectivity index (χ4v) is 3.28. The van der Waals surface area contributed by atoms with E-state index < -0.39 is 10.1 Å². The Bertz CT molecular complexity index is 682. The van der Waals surface area contributed by atoms with Crippen LogP contribution in [0.1, 0.15) is 16.7 Å². The van der Waals surface area contributed by atoms with Crippen LogP contribution < -0.4 is 4.18 Å². The molecule has 0 atom stereocenters. The molecule has 0 unspecified atom stereocenters. The smallest absolute Gasteiger partial charge is 0.313 e. The number of rotatable bonds is 5. The lowest BCUT2D eigenvalue weighted by Gasteiger charge is -2.09. The van der Waals surface area contributed by atoms with E-state index in [4.69, 9.17) is 4.18 Å². The Morgan fingerprint density at radius 3 is 2.40 bits per heavy atom. The molecule has 0 fully saturated rings. The molecule has 0 amide bonds. The molecule has 0 bridgehead atoms. The van der Waals surface area contributed by atoms with E-state index in [2.05, 4.69) is 15.9 Å². The molecule has 106 valence electrons. The van der Waals surface area contributed by atoms with Gasteiger partial charge in [-0.25, -0.2) is 0 Å². The summed E-state index contributed by atoms with van der Waals surface area (Å²) in [6.45, 7) is 1.91. The third-order valence-electron chi connectivity index (χ3n) is 2.67. The molecule has 0 spiro atoms. The van der Waals surface area contributed by atoms with Gasteiger partial charge in [-0.3, -0.25) is 0 Å². The van der Waals surface area contributed by atoms with E-state index >= 15 is 0 Å². The van der Waals surface area contributed by atoms with E-state index in [0.717, 1.165) is 11.1 Å². The van der Waals surface area contributed by atoms with Crippen molar-refractivity contribution in [3.63, 3.8) is 0 Å². The monoisotopic (exact) mass is 354 g/mol. The zero-order chi connectivity index (χ0) is 14.6. The summed E-state index contributed by atoms with van der Waals surface area (Å²) in [4.78, 5) is 0. The molecule has 0 heterocycles. The van der Waals surface area contributed by atoms with Crippen molar-refractivity contribution in [2.24, 2.45) is 0 Å². The molecule has 0 saturated heterocycles. The Morgan fingerprint density at radius 1 is 1.05 bits per heavy atom.